The van der Waals surface area contributed by atoms with E-state index in [2.05, 4.69) is 27.1 Å². The molecule has 108 valence electrons. The number of carbonyl (C=O) groups excluding carboxylic acids is 1. The van der Waals surface area contributed by atoms with E-state index >= 15 is 0 Å². The number of carbonyl (C=O) groups is 1. The van der Waals surface area contributed by atoms with Crippen LogP contribution < -0.4 is 11.1 Å². The Bertz CT molecular complexity index is 667. The number of nitrogens with zero attached hydrogens (tertiary/aromatic N) is 2. The van der Waals surface area contributed by atoms with E-state index in [1.54, 1.807) is 29.7 Å². The Morgan fingerprint density at radius 1 is 1.48 bits per heavy atom. The number of thiazole rings is 1. The lowest BCUT2D eigenvalue weighted by Crippen LogP contribution is -2.26. The van der Waals surface area contributed by atoms with Gasteiger partial charge in [-0.3, -0.25) is 4.79 Å². The summed E-state index contributed by atoms with van der Waals surface area (Å²) in [4.78, 5) is 20.4. The lowest BCUT2D eigenvalue weighted by molar-refractivity contribution is 0.0949. The standard InChI is InChI=1S/C15H16N4OS/c1-11-19-13(10-21-11)6-8-17-15(20)14-5-4-12(9-18-14)3-2-7-16/h4-5,9-10H,6-8,16H2,1H3,(H,17,20). The van der Waals surface area contributed by atoms with Crippen LogP contribution in [0.2, 0.25) is 0 Å². The van der Waals surface area contributed by atoms with Crippen molar-refractivity contribution in [2.24, 2.45) is 5.73 Å². The minimum Gasteiger partial charge on any atom is -0.350 e. The van der Waals surface area contributed by atoms with Gasteiger partial charge in [0.1, 0.15) is 5.69 Å². The van der Waals surface area contributed by atoms with Crippen molar-refractivity contribution >= 4 is 17.2 Å². The summed E-state index contributed by atoms with van der Waals surface area (Å²) in [7, 11) is 0. The first-order chi connectivity index (χ1) is 10.2. The Morgan fingerprint density at radius 2 is 2.33 bits per heavy atom. The second-order valence-electron chi connectivity index (χ2n) is 4.30. The van der Waals surface area contributed by atoms with Gasteiger partial charge in [0.2, 0.25) is 0 Å². The van der Waals surface area contributed by atoms with E-state index in [-0.39, 0.29) is 5.91 Å². The monoisotopic (exact) mass is 300 g/mol. The molecule has 2 rings (SSSR count). The zero-order valence-electron chi connectivity index (χ0n) is 11.7. The molecule has 5 nitrogen and oxygen atoms in total. The van der Waals surface area contributed by atoms with Gasteiger partial charge in [-0.2, -0.15) is 0 Å². The summed E-state index contributed by atoms with van der Waals surface area (Å²) in [5.41, 5.74) is 7.42. The van der Waals surface area contributed by atoms with Gasteiger partial charge in [-0.25, -0.2) is 9.97 Å². The Morgan fingerprint density at radius 3 is 2.95 bits per heavy atom. The number of nitrogens with two attached hydrogens (primary N) is 1. The van der Waals surface area contributed by atoms with E-state index in [0.717, 1.165) is 22.7 Å². The van der Waals surface area contributed by atoms with Crippen LogP contribution in [0.3, 0.4) is 0 Å². The Labute approximate surface area is 127 Å². The van der Waals surface area contributed by atoms with Crippen LogP contribution >= 0.6 is 11.3 Å². The van der Waals surface area contributed by atoms with Crippen LogP contribution in [0.4, 0.5) is 0 Å². The Kier molecular flexibility index (Phi) is 5.43. The van der Waals surface area contributed by atoms with Crippen molar-refractivity contribution in [2.45, 2.75) is 13.3 Å². The minimum absolute atomic E-state index is 0.194. The summed E-state index contributed by atoms with van der Waals surface area (Å²) in [6.45, 7) is 2.81. The highest BCUT2D eigenvalue weighted by Gasteiger charge is 2.06. The normalized spacial score (nSPS) is 9.81. The zero-order chi connectivity index (χ0) is 15.1. The molecule has 21 heavy (non-hydrogen) atoms. The predicted octanol–water partition coefficient (Wildman–Crippen LogP) is 1.13. The van der Waals surface area contributed by atoms with E-state index in [1.165, 1.54) is 0 Å². The molecule has 1 amide bonds. The molecular weight excluding hydrogens is 284 g/mol. The van der Waals surface area contributed by atoms with Crippen LogP contribution in [0.5, 0.6) is 0 Å². The topological polar surface area (TPSA) is 80.9 Å². The third-order valence-electron chi connectivity index (χ3n) is 2.66. The van der Waals surface area contributed by atoms with E-state index in [4.69, 9.17) is 5.73 Å². The third kappa shape index (κ3) is 4.67. The summed E-state index contributed by atoms with van der Waals surface area (Å²) in [6.07, 6.45) is 2.29. The number of aromatic nitrogens is 2. The predicted molar refractivity (Wildman–Crippen MR) is 83.1 cm³/mol. The average Bonchev–Trinajstić information content (AvgIpc) is 2.91. The molecule has 0 atom stereocenters. The zero-order valence-corrected chi connectivity index (χ0v) is 12.5. The number of hydrogen-bond acceptors (Lipinski definition) is 5. The van der Waals surface area contributed by atoms with Crippen LogP contribution in [0.15, 0.2) is 23.7 Å². The van der Waals surface area contributed by atoms with Crippen molar-refractivity contribution in [1.82, 2.24) is 15.3 Å². The van der Waals surface area contributed by atoms with Crippen molar-refractivity contribution in [3.05, 3.63) is 45.7 Å². The first-order valence-electron chi connectivity index (χ1n) is 6.53. The Hall–Kier alpha value is -2.23. The quantitative estimate of drug-likeness (QED) is 0.829. The first-order valence-corrected chi connectivity index (χ1v) is 7.41. The molecular formula is C15H16N4OS. The molecule has 0 radical (unpaired) electrons. The van der Waals surface area contributed by atoms with Gasteiger partial charge in [-0.15, -0.1) is 11.3 Å². The fraction of sp³-hybridized carbons (Fsp3) is 0.267. The molecule has 0 bridgehead atoms. The van der Waals surface area contributed by atoms with Crippen LogP contribution in [0.25, 0.3) is 0 Å². The van der Waals surface area contributed by atoms with E-state index < -0.39 is 0 Å². The van der Waals surface area contributed by atoms with Gasteiger partial charge in [-0.05, 0) is 19.1 Å². The molecule has 0 fully saturated rings. The van der Waals surface area contributed by atoms with E-state index in [1.807, 2.05) is 12.3 Å². The van der Waals surface area contributed by atoms with Gasteiger partial charge in [0.25, 0.3) is 5.91 Å². The van der Waals surface area contributed by atoms with Gasteiger partial charge >= 0.3 is 0 Å². The molecule has 0 saturated carbocycles. The average molecular weight is 300 g/mol. The molecule has 2 aromatic heterocycles. The van der Waals surface area contributed by atoms with Crippen LogP contribution in [0, 0.1) is 18.8 Å². The first kappa shape index (κ1) is 15.2. The molecule has 0 aliphatic rings. The summed E-state index contributed by atoms with van der Waals surface area (Å²) in [6, 6.07) is 3.41. The molecule has 0 spiro atoms. The third-order valence-corrected chi connectivity index (χ3v) is 3.49. The maximum Gasteiger partial charge on any atom is 0.269 e. The highest BCUT2D eigenvalue weighted by atomic mass is 32.1. The molecule has 0 aromatic carbocycles. The number of pyridine rings is 1. The van der Waals surface area contributed by atoms with Gasteiger partial charge in [0.05, 0.1) is 17.2 Å². The minimum atomic E-state index is -0.194. The lowest BCUT2D eigenvalue weighted by atomic mass is 10.2. The molecule has 0 saturated heterocycles. The lowest BCUT2D eigenvalue weighted by Gasteiger charge is -2.03. The maximum absolute atomic E-state index is 11.9. The SMILES string of the molecule is Cc1nc(CCNC(=O)c2ccc(C#CCN)cn2)cs1. The highest BCUT2D eigenvalue weighted by molar-refractivity contribution is 7.09. The molecule has 6 heteroatoms. The van der Waals surface area contributed by atoms with E-state index in [9.17, 15) is 4.79 Å². The molecule has 2 heterocycles. The summed E-state index contributed by atoms with van der Waals surface area (Å²) in [5.74, 6) is 5.41. The number of amides is 1. The van der Waals surface area contributed by atoms with Crippen molar-refractivity contribution in [1.29, 1.82) is 0 Å². The molecule has 2 aromatic rings. The second-order valence-corrected chi connectivity index (χ2v) is 5.36. The van der Waals surface area contributed by atoms with Crippen molar-refractivity contribution in [3.8, 4) is 11.8 Å². The van der Waals surface area contributed by atoms with Gasteiger partial charge in [0.15, 0.2) is 0 Å². The summed E-state index contributed by atoms with van der Waals surface area (Å²) >= 11 is 1.61. The number of nitrogens with one attached hydrogen (secondary N) is 1. The van der Waals surface area contributed by atoms with Crippen molar-refractivity contribution in [3.63, 3.8) is 0 Å². The van der Waals surface area contributed by atoms with Crippen molar-refractivity contribution in [2.75, 3.05) is 13.1 Å². The van der Waals surface area contributed by atoms with Crippen molar-refractivity contribution < 1.29 is 4.79 Å². The summed E-state index contributed by atoms with van der Waals surface area (Å²) in [5, 5.41) is 5.87. The van der Waals surface area contributed by atoms with Gasteiger partial charge in [-0.1, -0.05) is 11.8 Å². The van der Waals surface area contributed by atoms with Crippen LogP contribution in [-0.2, 0) is 6.42 Å². The number of rotatable bonds is 4. The molecule has 0 unspecified atom stereocenters. The molecule has 0 aliphatic carbocycles. The largest absolute Gasteiger partial charge is 0.350 e. The fourth-order valence-corrected chi connectivity index (χ4v) is 2.32. The van der Waals surface area contributed by atoms with Crippen LogP contribution in [-0.4, -0.2) is 29.0 Å². The Balaban J connectivity index is 1.85. The van der Waals surface area contributed by atoms with E-state index in [0.29, 0.717) is 18.8 Å². The maximum atomic E-state index is 11.9. The second kappa shape index (κ2) is 7.53. The fourth-order valence-electron chi connectivity index (χ4n) is 1.67. The van der Waals surface area contributed by atoms with Gasteiger partial charge < -0.3 is 11.1 Å². The molecule has 0 aliphatic heterocycles. The number of aryl methyl sites for hydroxylation is 1. The molecule has 3 N–H and O–H groups in total. The van der Waals surface area contributed by atoms with Crippen LogP contribution in [0.1, 0.15) is 26.8 Å². The highest BCUT2D eigenvalue weighted by Crippen LogP contribution is 2.07. The smallest absolute Gasteiger partial charge is 0.269 e. The number of hydrogen-bond donors (Lipinski definition) is 2. The summed E-state index contributed by atoms with van der Waals surface area (Å²) < 4.78 is 0. The van der Waals surface area contributed by atoms with Gasteiger partial charge in [0, 0.05) is 30.1 Å².